The van der Waals surface area contributed by atoms with Crippen LogP contribution in [-0.2, 0) is 6.42 Å². The van der Waals surface area contributed by atoms with Gasteiger partial charge in [-0.1, -0.05) is 0 Å². The van der Waals surface area contributed by atoms with Gasteiger partial charge in [0.25, 0.3) is 0 Å². The van der Waals surface area contributed by atoms with Crippen LogP contribution in [0.5, 0.6) is 5.75 Å². The summed E-state index contributed by atoms with van der Waals surface area (Å²) >= 11 is 0. The summed E-state index contributed by atoms with van der Waals surface area (Å²) in [5.41, 5.74) is 0.849. The van der Waals surface area contributed by atoms with Crippen molar-refractivity contribution < 1.29 is 4.74 Å². The summed E-state index contributed by atoms with van der Waals surface area (Å²) in [5.74, 6) is 2.55. The molecule has 0 aromatic carbocycles. The predicted molar refractivity (Wildman–Crippen MR) is 59.6 cm³/mol. The summed E-state index contributed by atoms with van der Waals surface area (Å²) < 4.78 is 7.18. The molecule has 0 bridgehead atoms. The molecule has 3 heterocycles. The third-order valence-corrected chi connectivity index (χ3v) is 3.02. The molecule has 0 saturated carbocycles. The van der Waals surface area contributed by atoms with Crippen LogP contribution >= 0.6 is 0 Å². The van der Waals surface area contributed by atoms with Crippen LogP contribution in [0.1, 0.15) is 5.82 Å². The van der Waals surface area contributed by atoms with Gasteiger partial charge in [-0.3, -0.25) is 4.40 Å². The average molecular weight is 218 g/mol. The molecule has 2 aromatic heterocycles. The molecule has 0 radical (unpaired) electrons. The molecule has 1 fully saturated rings. The van der Waals surface area contributed by atoms with Gasteiger partial charge in [-0.05, 0) is 25.1 Å². The normalized spacial score (nSPS) is 16.3. The molecule has 2 aromatic rings. The molecule has 1 aliphatic heterocycles. The maximum absolute atomic E-state index is 5.15. The van der Waals surface area contributed by atoms with Gasteiger partial charge in [0.15, 0.2) is 5.65 Å². The summed E-state index contributed by atoms with van der Waals surface area (Å²) in [6.07, 6.45) is 2.95. The first-order chi connectivity index (χ1) is 7.86. The molecule has 5 nitrogen and oxygen atoms in total. The molecular formula is C11H14N4O. The number of nitrogens with one attached hydrogen (secondary N) is 1. The average Bonchev–Trinajstić information content (AvgIpc) is 2.65. The van der Waals surface area contributed by atoms with E-state index >= 15 is 0 Å². The van der Waals surface area contributed by atoms with Crippen molar-refractivity contribution in [3.05, 3.63) is 24.2 Å². The first-order valence-corrected chi connectivity index (χ1v) is 5.45. The lowest BCUT2D eigenvalue weighted by Crippen LogP contribution is -2.43. The molecule has 5 heteroatoms. The van der Waals surface area contributed by atoms with Gasteiger partial charge in [-0.25, -0.2) is 0 Å². The van der Waals surface area contributed by atoms with E-state index in [9.17, 15) is 0 Å². The maximum atomic E-state index is 5.15. The minimum atomic E-state index is 0.703. The summed E-state index contributed by atoms with van der Waals surface area (Å²) in [5, 5.41) is 11.6. The molecular weight excluding hydrogens is 204 g/mol. The fourth-order valence-electron chi connectivity index (χ4n) is 1.94. The van der Waals surface area contributed by atoms with Crippen LogP contribution < -0.4 is 10.1 Å². The molecule has 1 aliphatic rings. The Morgan fingerprint density at radius 3 is 3.06 bits per heavy atom. The highest BCUT2D eigenvalue weighted by atomic mass is 16.5. The molecule has 3 rings (SSSR count). The number of aromatic nitrogens is 3. The highest BCUT2D eigenvalue weighted by Gasteiger charge is 2.19. The van der Waals surface area contributed by atoms with Gasteiger partial charge in [0.05, 0.1) is 7.11 Å². The van der Waals surface area contributed by atoms with E-state index in [1.54, 1.807) is 7.11 Å². The Morgan fingerprint density at radius 1 is 1.50 bits per heavy atom. The third kappa shape index (κ3) is 1.53. The Hall–Kier alpha value is -1.62. The highest BCUT2D eigenvalue weighted by Crippen LogP contribution is 2.16. The second-order valence-corrected chi connectivity index (χ2v) is 4.14. The van der Waals surface area contributed by atoms with Crippen molar-refractivity contribution in [2.45, 2.75) is 6.42 Å². The molecule has 1 N–H and O–H groups in total. The van der Waals surface area contributed by atoms with Gasteiger partial charge in [-0.15, -0.1) is 10.2 Å². The van der Waals surface area contributed by atoms with E-state index < -0.39 is 0 Å². The van der Waals surface area contributed by atoms with E-state index in [4.69, 9.17) is 4.74 Å². The number of hydrogen-bond acceptors (Lipinski definition) is 4. The molecule has 84 valence electrons. The Morgan fingerprint density at radius 2 is 2.38 bits per heavy atom. The number of ether oxygens (including phenoxy) is 1. The second-order valence-electron chi connectivity index (χ2n) is 4.14. The van der Waals surface area contributed by atoms with Crippen LogP contribution in [0, 0.1) is 5.92 Å². The van der Waals surface area contributed by atoms with E-state index in [-0.39, 0.29) is 0 Å². The molecule has 0 spiro atoms. The molecule has 0 atom stereocenters. The lowest BCUT2D eigenvalue weighted by atomic mass is 9.99. The van der Waals surface area contributed by atoms with Crippen molar-refractivity contribution >= 4 is 5.65 Å². The number of rotatable bonds is 3. The Bertz CT molecular complexity index is 504. The smallest absolute Gasteiger partial charge is 0.164 e. The van der Waals surface area contributed by atoms with Gasteiger partial charge in [0, 0.05) is 18.7 Å². The zero-order chi connectivity index (χ0) is 11.0. The minimum Gasteiger partial charge on any atom is -0.497 e. The van der Waals surface area contributed by atoms with Gasteiger partial charge in [0.1, 0.15) is 11.6 Å². The number of methoxy groups -OCH3 is 1. The fraction of sp³-hybridized carbons (Fsp3) is 0.455. The second kappa shape index (κ2) is 3.75. The van der Waals surface area contributed by atoms with Crippen molar-refractivity contribution in [1.29, 1.82) is 0 Å². The zero-order valence-electron chi connectivity index (χ0n) is 9.18. The predicted octanol–water partition coefficient (Wildman–Crippen LogP) is 0.500. The first-order valence-electron chi connectivity index (χ1n) is 5.45. The summed E-state index contributed by atoms with van der Waals surface area (Å²) in [6.45, 7) is 2.18. The minimum absolute atomic E-state index is 0.703. The highest BCUT2D eigenvalue weighted by molar-refractivity contribution is 5.44. The maximum Gasteiger partial charge on any atom is 0.164 e. The van der Waals surface area contributed by atoms with E-state index in [2.05, 4.69) is 15.5 Å². The van der Waals surface area contributed by atoms with E-state index in [0.29, 0.717) is 5.92 Å². The summed E-state index contributed by atoms with van der Waals surface area (Å²) in [4.78, 5) is 0. The Balaban J connectivity index is 1.93. The van der Waals surface area contributed by atoms with Crippen LogP contribution in [0.4, 0.5) is 0 Å². The number of hydrogen-bond donors (Lipinski definition) is 1. The van der Waals surface area contributed by atoms with Crippen LogP contribution in [-0.4, -0.2) is 34.8 Å². The molecule has 0 amide bonds. The molecule has 16 heavy (non-hydrogen) atoms. The summed E-state index contributed by atoms with van der Waals surface area (Å²) in [6, 6.07) is 3.83. The lowest BCUT2D eigenvalue weighted by molar-refractivity contribution is 0.340. The van der Waals surface area contributed by atoms with Crippen LogP contribution in [0.2, 0.25) is 0 Å². The van der Waals surface area contributed by atoms with Crippen LogP contribution in [0.15, 0.2) is 18.3 Å². The molecule has 0 unspecified atom stereocenters. The fourth-order valence-corrected chi connectivity index (χ4v) is 1.94. The first kappa shape index (κ1) is 9.59. The van der Waals surface area contributed by atoms with Crippen molar-refractivity contribution in [3.8, 4) is 5.75 Å². The number of fused-ring (bicyclic) bond motifs is 1. The number of nitrogens with zero attached hydrogens (tertiary/aromatic N) is 3. The Kier molecular flexibility index (Phi) is 2.25. The summed E-state index contributed by atoms with van der Waals surface area (Å²) in [7, 11) is 1.66. The zero-order valence-corrected chi connectivity index (χ0v) is 9.18. The number of pyridine rings is 1. The van der Waals surface area contributed by atoms with Gasteiger partial charge in [0.2, 0.25) is 0 Å². The van der Waals surface area contributed by atoms with Crippen LogP contribution in [0.25, 0.3) is 5.65 Å². The molecule has 0 aliphatic carbocycles. The largest absolute Gasteiger partial charge is 0.497 e. The lowest BCUT2D eigenvalue weighted by Gasteiger charge is -2.26. The topological polar surface area (TPSA) is 51.5 Å². The van der Waals surface area contributed by atoms with Crippen molar-refractivity contribution in [3.63, 3.8) is 0 Å². The molecule has 1 saturated heterocycles. The van der Waals surface area contributed by atoms with Crippen molar-refractivity contribution in [2.24, 2.45) is 5.92 Å². The van der Waals surface area contributed by atoms with E-state index in [0.717, 1.165) is 36.7 Å². The quantitative estimate of drug-likeness (QED) is 0.815. The Labute approximate surface area is 93.4 Å². The van der Waals surface area contributed by atoms with Gasteiger partial charge < -0.3 is 10.1 Å². The van der Waals surface area contributed by atoms with E-state index in [1.807, 2.05) is 22.7 Å². The van der Waals surface area contributed by atoms with Crippen molar-refractivity contribution in [2.75, 3.05) is 20.2 Å². The third-order valence-electron chi connectivity index (χ3n) is 3.02. The SMILES string of the molecule is COc1ccn2c(CC3CNC3)nnc2c1. The standard InChI is InChI=1S/C11H14N4O/c1-16-9-2-3-15-10(4-8-6-12-7-8)13-14-11(15)5-9/h2-3,5,8,12H,4,6-7H2,1H3. The van der Waals surface area contributed by atoms with Gasteiger partial charge >= 0.3 is 0 Å². The van der Waals surface area contributed by atoms with Crippen molar-refractivity contribution in [1.82, 2.24) is 19.9 Å². The van der Waals surface area contributed by atoms with E-state index in [1.165, 1.54) is 0 Å². The van der Waals surface area contributed by atoms with Crippen LogP contribution in [0.3, 0.4) is 0 Å². The monoisotopic (exact) mass is 218 g/mol. The van der Waals surface area contributed by atoms with Gasteiger partial charge in [-0.2, -0.15) is 0 Å².